The number of ether oxygens (including phenoxy) is 1. The zero-order valence-electron chi connectivity index (χ0n) is 8.90. The molecule has 0 saturated heterocycles. The number of esters is 1. The summed E-state index contributed by atoms with van der Waals surface area (Å²) < 4.78 is 4.46. The van der Waals surface area contributed by atoms with E-state index in [-0.39, 0.29) is 24.8 Å². The molecule has 5 heteroatoms. The average molecular weight is 239 g/mol. The number of amides is 1. The Bertz CT molecular complexity index is 393. The molecular weight excluding hydrogens is 226 g/mol. The minimum atomic E-state index is -0.348. The Labute approximate surface area is 99.4 Å². The van der Waals surface area contributed by atoms with E-state index in [1.165, 1.54) is 7.11 Å². The van der Waals surface area contributed by atoms with Gasteiger partial charge < -0.3 is 10.1 Å². The molecule has 0 saturated carbocycles. The standard InChI is InChI=1S/C11H13NO3S/c1-15-10(13)6-7-12-11(14)8-4-2-3-5-9(8)16/h2-5,16H,6-7H2,1H3,(H,12,14). The van der Waals surface area contributed by atoms with Crippen LogP contribution in [0, 0.1) is 0 Å². The molecule has 1 aromatic rings. The van der Waals surface area contributed by atoms with Crippen molar-refractivity contribution in [2.24, 2.45) is 0 Å². The number of carbonyl (C=O) groups excluding carboxylic acids is 2. The molecule has 0 unspecified atom stereocenters. The monoisotopic (exact) mass is 239 g/mol. The molecule has 0 aromatic heterocycles. The Hall–Kier alpha value is -1.49. The van der Waals surface area contributed by atoms with Crippen molar-refractivity contribution in [3.05, 3.63) is 29.8 Å². The van der Waals surface area contributed by atoms with Crippen molar-refractivity contribution < 1.29 is 14.3 Å². The molecule has 0 heterocycles. The lowest BCUT2D eigenvalue weighted by atomic mass is 10.2. The lowest BCUT2D eigenvalue weighted by molar-refractivity contribution is -0.140. The Morgan fingerprint density at radius 2 is 2.06 bits per heavy atom. The predicted octanol–water partition coefficient (Wildman–Crippen LogP) is 1.27. The van der Waals surface area contributed by atoms with Gasteiger partial charge >= 0.3 is 5.97 Å². The summed E-state index contributed by atoms with van der Waals surface area (Å²) in [7, 11) is 1.31. The summed E-state index contributed by atoms with van der Waals surface area (Å²) in [6, 6.07) is 6.97. The first-order valence-electron chi connectivity index (χ1n) is 4.78. The van der Waals surface area contributed by atoms with Crippen LogP contribution in [0.1, 0.15) is 16.8 Å². The van der Waals surface area contributed by atoms with Gasteiger partial charge in [0.2, 0.25) is 0 Å². The maximum absolute atomic E-state index is 11.6. The molecule has 16 heavy (non-hydrogen) atoms. The molecular formula is C11H13NO3S. The smallest absolute Gasteiger partial charge is 0.307 e. The summed E-state index contributed by atoms with van der Waals surface area (Å²) >= 11 is 4.17. The Kier molecular flexibility index (Phi) is 4.85. The molecule has 0 radical (unpaired) electrons. The van der Waals surface area contributed by atoms with Gasteiger partial charge in [-0.1, -0.05) is 12.1 Å². The summed E-state index contributed by atoms with van der Waals surface area (Å²) in [4.78, 5) is 23.0. The highest BCUT2D eigenvalue weighted by Gasteiger charge is 2.08. The van der Waals surface area contributed by atoms with Crippen LogP contribution in [0.5, 0.6) is 0 Å². The van der Waals surface area contributed by atoms with E-state index in [0.717, 1.165) is 0 Å². The Morgan fingerprint density at radius 1 is 1.38 bits per heavy atom. The molecule has 0 aliphatic rings. The fraction of sp³-hybridized carbons (Fsp3) is 0.273. The zero-order chi connectivity index (χ0) is 12.0. The van der Waals surface area contributed by atoms with Gasteiger partial charge in [0.05, 0.1) is 19.1 Å². The highest BCUT2D eigenvalue weighted by atomic mass is 32.1. The molecule has 1 rings (SSSR count). The van der Waals surface area contributed by atoms with Crippen LogP contribution < -0.4 is 5.32 Å². The predicted molar refractivity (Wildman–Crippen MR) is 62.7 cm³/mol. The van der Waals surface area contributed by atoms with Crippen LogP contribution in [0.4, 0.5) is 0 Å². The Morgan fingerprint density at radius 3 is 2.69 bits per heavy atom. The summed E-state index contributed by atoms with van der Waals surface area (Å²) in [6.07, 6.45) is 0.164. The lowest BCUT2D eigenvalue weighted by Crippen LogP contribution is -2.26. The minimum absolute atomic E-state index is 0.164. The number of carbonyl (C=O) groups is 2. The van der Waals surface area contributed by atoms with Crippen molar-refractivity contribution in [3.8, 4) is 0 Å². The first-order chi connectivity index (χ1) is 7.65. The van der Waals surface area contributed by atoms with E-state index in [2.05, 4.69) is 22.7 Å². The molecule has 0 spiro atoms. The van der Waals surface area contributed by atoms with Gasteiger partial charge in [-0.05, 0) is 12.1 Å². The second-order valence-corrected chi connectivity index (χ2v) is 3.58. The maximum Gasteiger partial charge on any atom is 0.307 e. The van der Waals surface area contributed by atoms with Gasteiger partial charge in [-0.25, -0.2) is 0 Å². The third-order valence-electron chi connectivity index (χ3n) is 1.99. The second kappa shape index (κ2) is 6.17. The topological polar surface area (TPSA) is 55.4 Å². The minimum Gasteiger partial charge on any atom is -0.469 e. The normalized spacial score (nSPS) is 9.62. The third kappa shape index (κ3) is 3.58. The molecule has 0 atom stereocenters. The van der Waals surface area contributed by atoms with E-state index < -0.39 is 0 Å². The van der Waals surface area contributed by atoms with Crippen LogP contribution in [0.15, 0.2) is 29.2 Å². The summed E-state index contributed by atoms with van der Waals surface area (Å²) in [5, 5.41) is 2.62. The molecule has 4 nitrogen and oxygen atoms in total. The lowest BCUT2D eigenvalue weighted by Gasteiger charge is -2.06. The molecule has 86 valence electrons. The number of benzene rings is 1. The number of nitrogens with one attached hydrogen (secondary N) is 1. The Balaban J connectivity index is 2.47. The van der Waals surface area contributed by atoms with Crippen molar-refractivity contribution in [1.82, 2.24) is 5.32 Å². The van der Waals surface area contributed by atoms with Crippen molar-refractivity contribution >= 4 is 24.5 Å². The van der Waals surface area contributed by atoms with Crippen LogP contribution in [0.25, 0.3) is 0 Å². The quantitative estimate of drug-likeness (QED) is 0.614. The van der Waals surface area contributed by atoms with Gasteiger partial charge in [0, 0.05) is 11.4 Å². The van der Waals surface area contributed by atoms with Crippen LogP contribution in [0.2, 0.25) is 0 Å². The van der Waals surface area contributed by atoms with E-state index in [1.807, 2.05) is 0 Å². The molecule has 1 N–H and O–H groups in total. The van der Waals surface area contributed by atoms with E-state index >= 15 is 0 Å². The first kappa shape index (κ1) is 12.6. The molecule has 1 aromatic carbocycles. The fourth-order valence-electron chi connectivity index (χ4n) is 1.14. The van der Waals surface area contributed by atoms with E-state index in [1.54, 1.807) is 24.3 Å². The molecule has 0 aliphatic heterocycles. The third-order valence-corrected chi connectivity index (χ3v) is 2.38. The van der Waals surface area contributed by atoms with Gasteiger partial charge in [0.15, 0.2) is 0 Å². The summed E-state index contributed by atoms with van der Waals surface area (Å²) in [6.45, 7) is 0.258. The van der Waals surface area contributed by atoms with Gasteiger partial charge in [-0.3, -0.25) is 9.59 Å². The van der Waals surface area contributed by atoms with Crippen LogP contribution >= 0.6 is 12.6 Å². The van der Waals surface area contributed by atoms with E-state index in [0.29, 0.717) is 10.5 Å². The molecule has 1 amide bonds. The number of hydrogen-bond acceptors (Lipinski definition) is 4. The van der Waals surface area contributed by atoms with Gasteiger partial charge in [0.25, 0.3) is 5.91 Å². The number of rotatable bonds is 4. The zero-order valence-corrected chi connectivity index (χ0v) is 9.79. The molecule has 0 fully saturated rings. The van der Waals surface area contributed by atoms with Crippen LogP contribution in [-0.2, 0) is 9.53 Å². The van der Waals surface area contributed by atoms with Gasteiger partial charge in [0.1, 0.15) is 0 Å². The van der Waals surface area contributed by atoms with Crippen molar-refractivity contribution in [2.45, 2.75) is 11.3 Å². The SMILES string of the molecule is COC(=O)CCNC(=O)c1ccccc1S. The van der Waals surface area contributed by atoms with Gasteiger partial charge in [-0.2, -0.15) is 0 Å². The van der Waals surface area contributed by atoms with Crippen LogP contribution in [-0.4, -0.2) is 25.5 Å². The fourth-order valence-corrected chi connectivity index (χ4v) is 1.40. The van der Waals surface area contributed by atoms with Crippen molar-refractivity contribution in [3.63, 3.8) is 0 Å². The van der Waals surface area contributed by atoms with E-state index in [9.17, 15) is 9.59 Å². The van der Waals surface area contributed by atoms with Crippen molar-refractivity contribution in [1.29, 1.82) is 0 Å². The second-order valence-electron chi connectivity index (χ2n) is 3.10. The number of hydrogen-bond donors (Lipinski definition) is 2. The summed E-state index contributed by atoms with van der Waals surface area (Å²) in [5.41, 5.74) is 0.496. The van der Waals surface area contributed by atoms with Gasteiger partial charge in [-0.15, -0.1) is 12.6 Å². The highest BCUT2D eigenvalue weighted by Crippen LogP contribution is 2.12. The highest BCUT2D eigenvalue weighted by molar-refractivity contribution is 7.80. The molecule has 0 bridgehead atoms. The number of methoxy groups -OCH3 is 1. The summed E-state index contributed by atoms with van der Waals surface area (Å²) in [5.74, 6) is -0.589. The average Bonchev–Trinajstić information content (AvgIpc) is 2.29. The van der Waals surface area contributed by atoms with Crippen molar-refractivity contribution in [2.75, 3.05) is 13.7 Å². The van der Waals surface area contributed by atoms with E-state index in [4.69, 9.17) is 0 Å². The largest absolute Gasteiger partial charge is 0.469 e. The molecule has 0 aliphatic carbocycles. The number of thiol groups is 1. The van der Waals surface area contributed by atoms with Crippen LogP contribution in [0.3, 0.4) is 0 Å². The maximum atomic E-state index is 11.6. The first-order valence-corrected chi connectivity index (χ1v) is 5.23.